The van der Waals surface area contributed by atoms with Gasteiger partial charge in [0.25, 0.3) is 0 Å². The molecule has 1 unspecified atom stereocenters. The number of hydrogen-bond acceptors (Lipinski definition) is 2. The maximum atomic E-state index is 9.65. The second-order valence-electron chi connectivity index (χ2n) is 5.87. The average molecular weight is 323 g/mol. The van der Waals surface area contributed by atoms with Crippen LogP contribution in [-0.2, 0) is 22.8 Å². The van der Waals surface area contributed by atoms with E-state index in [4.69, 9.17) is 7.01 Å². The van der Waals surface area contributed by atoms with Gasteiger partial charge in [-0.3, -0.25) is 0 Å². The van der Waals surface area contributed by atoms with Crippen LogP contribution in [0.25, 0.3) is 0 Å². The van der Waals surface area contributed by atoms with E-state index in [1.165, 1.54) is 64.2 Å². The summed E-state index contributed by atoms with van der Waals surface area (Å²) in [6.45, 7) is 6.47. The van der Waals surface area contributed by atoms with Crippen LogP contribution in [0, 0.1) is 5.92 Å². The molecule has 20 heavy (non-hydrogen) atoms. The third-order valence-electron chi connectivity index (χ3n) is 3.62. The van der Waals surface area contributed by atoms with Gasteiger partial charge in [-0.25, -0.2) is 0 Å². The van der Waals surface area contributed by atoms with Gasteiger partial charge in [-0.05, 0) is 12.3 Å². The zero-order valence-electron chi connectivity index (χ0n) is 13.7. The van der Waals surface area contributed by atoms with E-state index in [0.717, 1.165) is 6.42 Å². The zero-order chi connectivity index (χ0) is 15.6. The maximum absolute atomic E-state index is 9.65. The number of unbranched alkanes of at least 4 members (excludes halogenated alkanes) is 9. The van der Waals surface area contributed by atoms with Crippen LogP contribution < -0.4 is 0 Å². The molecule has 0 heterocycles. The van der Waals surface area contributed by atoms with E-state index in [-0.39, 0.29) is 6.10 Å². The fourth-order valence-electron chi connectivity index (χ4n) is 2.17. The molecule has 1 atom stereocenters. The molecule has 0 aromatic carbocycles. The van der Waals surface area contributed by atoms with Gasteiger partial charge in [0.15, 0.2) is 0 Å². The quantitative estimate of drug-likeness (QED) is 0.406. The monoisotopic (exact) mass is 323 g/mol. The van der Waals surface area contributed by atoms with Crippen LogP contribution in [0.3, 0.4) is 0 Å². The Bertz CT molecular complexity index is 187. The molecule has 0 aliphatic rings. The average Bonchev–Trinajstić information content (AvgIpc) is 2.41. The molecule has 3 nitrogen and oxygen atoms in total. The Labute approximate surface area is 135 Å². The summed E-state index contributed by atoms with van der Waals surface area (Å²) in [5, 5.41) is 9.65. The van der Waals surface area contributed by atoms with Gasteiger partial charge >= 0.3 is 26.5 Å². The molecular weight excluding hydrogens is 288 g/mol. The van der Waals surface area contributed by atoms with E-state index in [9.17, 15) is 5.11 Å². The molecular formula is C16H35O3Ti. The molecule has 0 fully saturated rings. The fraction of sp³-hybridized carbons (Fsp3) is 1.00. The third kappa shape index (κ3) is 20.7. The van der Waals surface area contributed by atoms with Crippen molar-refractivity contribution in [3.8, 4) is 0 Å². The first-order valence-corrected chi connectivity index (χ1v) is 9.63. The van der Waals surface area contributed by atoms with Gasteiger partial charge in [-0.15, -0.1) is 0 Å². The van der Waals surface area contributed by atoms with Crippen LogP contribution in [0.1, 0.15) is 91.4 Å². The number of rotatable bonds is 12. The van der Waals surface area contributed by atoms with Gasteiger partial charge in [0, 0.05) is 0 Å². The Morgan fingerprint density at radius 1 is 0.850 bits per heavy atom. The molecule has 0 radical (unpaired) electrons. The first-order valence-electron chi connectivity index (χ1n) is 8.29. The summed E-state index contributed by atoms with van der Waals surface area (Å²) in [5.74, 6) is 0.425. The summed E-state index contributed by atoms with van der Waals surface area (Å²) < 4.78 is 15.8. The van der Waals surface area contributed by atoms with Crippen LogP contribution >= 0.6 is 0 Å². The minimum atomic E-state index is -1.75. The first-order chi connectivity index (χ1) is 9.59. The van der Waals surface area contributed by atoms with Crippen LogP contribution in [0.4, 0.5) is 0 Å². The van der Waals surface area contributed by atoms with E-state index in [0.29, 0.717) is 5.92 Å². The Balaban J connectivity index is 0. The Kier molecular flexibility index (Phi) is 22.1. The third-order valence-corrected chi connectivity index (χ3v) is 3.62. The van der Waals surface area contributed by atoms with E-state index in [1.54, 1.807) is 0 Å². The van der Waals surface area contributed by atoms with Crippen molar-refractivity contribution in [2.45, 2.75) is 97.5 Å². The second-order valence-corrected chi connectivity index (χ2v) is 6.16. The normalized spacial score (nSPS) is 11.7. The number of hydrogen-bond donors (Lipinski definition) is 2. The predicted molar refractivity (Wildman–Crippen MR) is 80.2 cm³/mol. The van der Waals surface area contributed by atoms with Crippen molar-refractivity contribution >= 4 is 0 Å². The second kappa shape index (κ2) is 19.4. The van der Waals surface area contributed by atoms with Gasteiger partial charge in [0.05, 0.1) is 6.10 Å². The standard InChI is InChI=1S/C16H34O.H2O.O.Ti/c1-4-5-6-7-8-9-10-11-12-13-14-16(17)15(2)3;;;/h15-17H,4-14H2,1-3H3;1H2;;/q;;;+1/p-1. The summed E-state index contributed by atoms with van der Waals surface area (Å²) in [6.07, 6.45) is 14.6. The van der Waals surface area contributed by atoms with Gasteiger partial charge in [-0.1, -0.05) is 85.0 Å². The Hall–Kier alpha value is 0.434. The molecule has 0 spiro atoms. The molecule has 0 saturated heterocycles. The van der Waals surface area contributed by atoms with E-state index in [1.807, 2.05) is 0 Å². The van der Waals surface area contributed by atoms with E-state index < -0.39 is 19.5 Å². The van der Waals surface area contributed by atoms with Crippen molar-refractivity contribution in [1.29, 1.82) is 0 Å². The topological polar surface area (TPSA) is 57.5 Å². The van der Waals surface area contributed by atoms with Gasteiger partial charge in [0.1, 0.15) is 0 Å². The molecule has 0 bridgehead atoms. The van der Waals surface area contributed by atoms with Crippen LogP contribution in [0.5, 0.6) is 0 Å². The summed E-state index contributed by atoms with van der Waals surface area (Å²) in [5.41, 5.74) is 0. The summed E-state index contributed by atoms with van der Waals surface area (Å²) >= 11 is -1.75. The summed E-state index contributed by atoms with van der Waals surface area (Å²) in [7, 11) is 0. The van der Waals surface area contributed by atoms with Crippen molar-refractivity contribution in [3.63, 3.8) is 0 Å². The van der Waals surface area contributed by atoms with Crippen molar-refractivity contribution in [2.24, 2.45) is 5.92 Å². The van der Waals surface area contributed by atoms with E-state index in [2.05, 4.69) is 20.8 Å². The summed E-state index contributed by atoms with van der Waals surface area (Å²) in [6, 6.07) is 0. The van der Waals surface area contributed by atoms with Gasteiger partial charge in [-0.2, -0.15) is 0 Å². The van der Waals surface area contributed by atoms with Gasteiger partial charge < -0.3 is 5.11 Å². The molecule has 0 saturated carbocycles. The summed E-state index contributed by atoms with van der Waals surface area (Å²) in [4.78, 5) is 0. The number of aliphatic hydroxyl groups is 1. The fourth-order valence-corrected chi connectivity index (χ4v) is 2.17. The predicted octanol–water partition coefficient (Wildman–Crippen LogP) is 4.64. The first kappa shape index (κ1) is 22.7. The van der Waals surface area contributed by atoms with Crippen LogP contribution in [0.2, 0.25) is 0 Å². The van der Waals surface area contributed by atoms with Crippen LogP contribution in [0.15, 0.2) is 0 Å². The molecule has 0 rings (SSSR count). The Morgan fingerprint density at radius 3 is 1.55 bits per heavy atom. The molecule has 121 valence electrons. The zero-order valence-corrected chi connectivity index (χ0v) is 15.3. The SMILES string of the molecule is CCCCCCCCCCCCC(O)C(C)C.[O]=[Ti][OH]. The molecule has 0 aromatic rings. The van der Waals surface area contributed by atoms with Crippen molar-refractivity contribution in [1.82, 2.24) is 0 Å². The van der Waals surface area contributed by atoms with Gasteiger partial charge in [0.2, 0.25) is 0 Å². The molecule has 2 N–H and O–H groups in total. The molecule has 0 aliphatic heterocycles. The molecule has 0 aromatic heterocycles. The minimum absolute atomic E-state index is 0.0796. The van der Waals surface area contributed by atoms with Crippen LogP contribution in [-0.4, -0.2) is 14.9 Å². The van der Waals surface area contributed by atoms with Crippen molar-refractivity contribution in [2.75, 3.05) is 0 Å². The number of aliphatic hydroxyl groups excluding tert-OH is 1. The van der Waals surface area contributed by atoms with Crippen molar-refractivity contribution in [3.05, 3.63) is 0 Å². The van der Waals surface area contributed by atoms with Crippen molar-refractivity contribution < 1.29 is 31.6 Å². The van der Waals surface area contributed by atoms with E-state index >= 15 is 0 Å². The Morgan fingerprint density at radius 2 is 1.20 bits per heavy atom. The molecule has 4 heteroatoms. The molecule has 0 amide bonds. The molecule has 0 aliphatic carbocycles.